The largest absolute Gasteiger partial charge is 0.478 e. The number of nitrogen functional groups attached to an aromatic ring is 1. The lowest BCUT2D eigenvalue weighted by atomic mass is 10.0. The Bertz CT molecular complexity index is 1720. The molecule has 1 saturated heterocycles. The topological polar surface area (TPSA) is 163 Å². The second-order valence-corrected chi connectivity index (χ2v) is 12.6. The molecule has 5 rings (SSSR count). The zero-order chi connectivity index (χ0) is 28.6. The Hall–Kier alpha value is -3.96. The molecule has 0 radical (unpaired) electrons. The number of anilines is 1. The Kier molecular flexibility index (Phi) is 7.52. The number of nitrogens with zero attached hydrogens (tertiary/aromatic N) is 2. The van der Waals surface area contributed by atoms with Crippen LogP contribution in [-0.2, 0) is 16.6 Å². The first-order valence-electron chi connectivity index (χ1n) is 13.4. The lowest BCUT2D eigenvalue weighted by Gasteiger charge is -2.22. The van der Waals surface area contributed by atoms with E-state index in [2.05, 4.69) is 10.0 Å². The van der Waals surface area contributed by atoms with Gasteiger partial charge in [0.15, 0.2) is 0 Å². The molecule has 0 atom stereocenters. The normalized spacial score (nSPS) is 14.7. The predicted octanol–water partition coefficient (Wildman–Crippen LogP) is 4.08. The number of fused-ring (bicyclic) bond motifs is 2. The van der Waals surface area contributed by atoms with Gasteiger partial charge in [0.25, 0.3) is 0 Å². The van der Waals surface area contributed by atoms with Crippen LogP contribution in [0.5, 0.6) is 0 Å². The number of hydrogen-bond acceptors (Lipinski definition) is 6. The van der Waals surface area contributed by atoms with Gasteiger partial charge in [0.1, 0.15) is 17.2 Å². The number of nitrogens with one attached hydrogen (secondary N) is 3. The number of aromatic nitrogens is 2. The summed E-state index contributed by atoms with van der Waals surface area (Å²) in [5.41, 5.74) is 8.28. The third-order valence-electron chi connectivity index (χ3n) is 7.37. The Balaban J connectivity index is 1.57. The lowest BCUT2D eigenvalue weighted by molar-refractivity contribution is 0.0699. The summed E-state index contributed by atoms with van der Waals surface area (Å²) in [7, 11) is -3.69. The van der Waals surface area contributed by atoms with Gasteiger partial charge in [-0.2, -0.15) is 0 Å². The van der Waals surface area contributed by atoms with Gasteiger partial charge in [0.05, 0.1) is 22.5 Å². The number of sulfonamides is 1. The fourth-order valence-corrected chi connectivity index (χ4v) is 6.91. The third-order valence-corrected chi connectivity index (χ3v) is 8.83. The van der Waals surface area contributed by atoms with Gasteiger partial charge >= 0.3 is 5.97 Å². The number of hydrogen-bond donors (Lipinski definition) is 5. The number of carboxylic acids is 1. The van der Waals surface area contributed by atoms with Gasteiger partial charge in [-0.15, -0.1) is 0 Å². The van der Waals surface area contributed by atoms with Gasteiger partial charge in [-0.3, -0.25) is 10.1 Å². The number of imidazole rings is 1. The molecule has 10 nitrogen and oxygen atoms in total. The van der Waals surface area contributed by atoms with Crippen molar-refractivity contribution in [1.29, 1.82) is 5.41 Å². The van der Waals surface area contributed by atoms with Crippen LogP contribution < -0.4 is 15.8 Å². The van der Waals surface area contributed by atoms with Crippen LogP contribution in [0.1, 0.15) is 59.9 Å². The number of benzene rings is 3. The van der Waals surface area contributed by atoms with Crippen LogP contribution in [0.15, 0.2) is 48.5 Å². The van der Waals surface area contributed by atoms with Crippen molar-refractivity contribution in [2.45, 2.75) is 39.2 Å². The maximum absolute atomic E-state index is 13.0. The first-order chi connectivity index (χ1) is 19.0. The summed E-state index contributed by atoms with van der Waals surface area (Å²) >= 11 is 0. The number of carbonyl (C=O) groups is 1. The first-order valence-corrected chi connectivity index (χ1v) is 15.0. The van der Waals surface area contributed by atoms with Crippen LogP contribution in [0.4, 0.5) is 5.69 Å². The summed E-state index contributed by atoms with van der Waals surface area (Å²) < 4.78 is 30.7. The van der Waals surface area contributed by atoms with Crippen molar-refractivity contribution in [3.63, 3.8) is 0 Å². The summed E-state index contributed by atoms with van der Waals surface area (Å²) in [5.74, 6) is -0.455. The summed E-state index contributed by atoms with van der Waals surface area (Å²) in [5, 5.41) is 23.0. The number of amidine groups is 1. The van der Waals surface area contributed by atoms with Crippen LogP contribution in [0.3, 0.4) is 0 Å². The SMILES string of the molecule is CC(C)c1nc2c(C(=O)O)cc(NS(=O)(=O)CC3CCNCC3)cc2n1Cc1ccc2ccc(C(=N)N)cc2c1. The molecular formula is C29H34N6O4S. The molecule has 1 aromatic heterocycles. The molecule has 0 aliphatic carbocycles. The highest BCUT2D eigenvalue weighted by Gasteiger charge is 2.24. The van der Waals surface area contributed by atoms with E-state index in [4.69, 9.17) is 16.1 Å². The van der Waals surface area contributed by atoms with Crippen LogP contribution in [-0.4, -0.2) is 53.7 Å². The fraction of sp³-hybridized carbons (Fsp3) is 0.345. The van der Waals surface area contributed by atoms with E-state index in [1.165, 1.54) is 6.07 Å². The quantitative estimate of drug-likeness (QED) is 0.152. The van der Waals surface area contributed by atoms with Crippen molar-refractivity contribution >= 4 is 49.3 Å². The van der Waals surface area contributed by atoms with Crippen molar-refractivity contribution in [3.8, 4) is 0 Å². The van der Waals surface area contributed by atoms with Gasteiger partial charge in [0.2, 0.25) is 10.0 Å². The summed E-state index contributed by atoms with van der Waals surface area (Å²) in [4.78, 5) is 17.0. The smallest absolute Gasteiger partial charge is 0.338 e. The van der Waals surface area contributed by atoms with Gasteiger partial charge in [0, 0.05) is 18.0 Å². The van der Waals surface area contributed by atoms with Crippen LogP contribution in [0, 0.1) is 11.3 Å². The summed E-state index contributed by atoms with van der Waals surface area (Å²) in [6.45, 7) is 5.95. The van der Waals surface area contributed by atoms with E-state index in [-0.39, 0.29) is 34.7 Å². The van der Waals surface area contributed by atoms with Crippen molar-refractivity contribution < 1.29 is 18.3 Å². The maximum Gasteiger partial charge on any atom is 0.338 e. The van der Waals surface area contributed by atoms with E-state index in [1.54, 1.807) is 6.07 Å². The second kappa shape index (κ2) is 10.9. The van der Waals surface area contributed by atoms with E-state index in [9.17, 15) is 18.3 Å². The van der Waals surface area contributed by atoms with Crippen molar-refractivity contribution in [3.05, 3.63) is 71.0 Å². The minimum atomic E-state index is -3.69. The molecule has 0 bridgehead atoms. The second-order valence-electron chi connectivity index (χ2n) is 10.8. The molecule has 11 heteroatoms. The molecule has 0 saturated carbocycles. The lowest BCUT2D eigenvalue weighted by Crippen LogP contribution is -2.33. The molecule has 6 N–H and O–H groups in total. The minimum absolute atomic E-state index is 0.00802. The molecule has 4 aromatic rings. The highest BCUT2D eigenvalue weighted by molar-refractivity contribution is 7.92. The molecule has 1 aliphatic rings. The zero-order valence-electron chi connectivity index (χ0n) is 22.6. The highest BCUT2D eigenvalue weighted by Crippen LogP contribution is 2.30. The minimum Gasteiger partial charge on any atom is -0.478 e. The standard InChI is InChI=1S/C29H34N6O4S/c1-17(2)28-33-26-24(29(36)37)13-23(34-40(38,39)16-18-7-9-32-10-8-18)14-25(26)35(28)15-19-3-4-20-5-6-21(27(30)31)12-22(20)11-19/h3-6,11-14,17-18,32,34H,7-10,15-16H2,1-2H3,(H3,30,31)(H,36,37). The van der Waals surface area contributed by atoms with Gasteiger partial charge in [-0.1, -0.05) is 38.1 Å². The maximum atomic E-state index is 13.0. The van der Waals surface area contributed by atoms with Crippen LogP contribution >= 0.6 is 0 Å². The number of nitrogens with two attached hydrogens (primary N) is 1. The van der Waals surface area contributed by atoms with Crippen molar-refractivity contribution in [2.24, 2.45) is 11.7 Å². The number of aromatic carboxylic acids is 1. The molecule has 0 amide bonds. The van der Waals surface area contributed by atoms with Crippen LogP contribution in [0.25, 0.3) is 21.8 Å². The van der Waals surface area contributed by atoms with Crippen molar-refractivity contribution in [1.82, 2.24) is 14.9 Å². The molecule has 2 heterocycles. The number of carboxylic acid groups (broad SMARTS) is 1. The number of piperidine rings is 1. The molecule has 3 aromatic carbocycles. The Labute approximate surface area is 233 Å². The summed E-state index contributed by atoms with van der Waals surface area (Å²) in [6, 6.07) is 14.6. The van der Waals surface area contributed by atoms with Crippen molar-refractivity contribution in [2.75, 3.05) is 23.6 Å². The first kappa shape index (κ1) is 27.6. The van der Waals surface area contributed by atoms with Gasteiger partial charge < -0.3 is 20.7 Å². The molecule has 40 heavy (non-hydrogen) atoms. The molecule has 1 fully saturated rings. The average molecular weight is 563 g/mol. The van der Waals surface area contributed by atoms with E-state index >= 15 is 0 Å². The zero-order valence-corrected chi connectivity index (χ0v) is 23.4. The third kappa shape index (κ3) is 5.80. The number of rotatable bonds is 9. The predicted molar refractivity (Wildman–Crippen MR) is 158 cm³/mol. The Morgan fingerprint density at radius 2 is 1.88 bits per heavy atom. The van der Waals surface area contributed by atoms with E-state index in [1.807, 2.05) is 54.8 Å². The van der Waals surface area contributed by atoms with E-state index in [0.717, 1.165) is 42.3 Å². The van der Waals surface area contributed by atoms with E-state index < -0.39 is 16.0 Å². The molecule has 1 aliphatic heterocycles. The summed E-state index contributed by atoms with van der Waals surface area (Å²) in [6.07, 6.45) is 1.56. The van der Waals surface area contributed by atoms with Crippen LogP contribution in [0.2, 0.25) is 0 Å². The van der Waals surface area contributed by atoms with Gasteiger partial charge in [-0.05, 0) is 72.5 Å². The molecule has 0 unspecified atom stereocenters. The monoisotopic (exact) mass is 562 g/mol. The molecule has 210 valence electrons. The van der Waals surface area contributed by atoms with Gasteiger partial charge in [-0.25, -0.2) is 18.2 Å². The molecular weight excluding hydrogens is 528 g/mol. The van der Waals surface area contributed by atoms with E-state index in [0.29, 0.717) is 29.0 Å². The Morgan fingerprint density at radius 1 is 1.15 bits per heavy atom. The molecule has 0 spiro atoms. The average Bonchev–Trinajstić information content (AvgIpc) is 3.26. The highest BCUT2D eigenvalue weighted by atomic mass is 32.2. The fourth-order valence-electron chi connectivity index (χ4n) is 5.39. The Morgan fingerprint density at radius 3 is 2.55 bits per heavy atom.